The van der Waals surface area contributed by atoms with Crippen molar-refractivity contribution < 1.29 is 19.1 Å². The van der Waals surface area contributed by atoms with E-state index >= 15 is 0 Å². The summed E-state index contributed by atoms with van der Waals surface area (Å²) >= 11 is 0. The lowest BCUT2D eigenvalue weighted by atomic mass is 9.75. The summed E-state index contributed by atoms with van der Waals surface area (Å²) in [6.07, 6.45) is -0.971. The van der Waals surface area contributed by atoms with Crippen LogP contribution in [-0.2, 0) is 24.5 Å². The van der Waals surface area contributed by atoms with Crippen LogP contribution in [0.25, 0.3) is 0 Å². The Morgan fingerprint density at radius 1 is 0.923 bits per heavy atom. The molecule has 0 heterocycles. The van der Waals surface area contributed by atoms with E-state index in [-0.39, 0.29) is 25.0 Å². The summed E-state index contributed by atoms with van der Waals surface area (Å²) in [6.45, 7) is 11.1. The Hall–Kier alpha value is -2.35. The molecule has 0 aliphatic rings. The van der Waals surface area contributed by atoms with E-state index in [0.717, 1.165) is 5.56 Å². The minimum absolute atomic E-state index is 0.199. The van der Waals surface area contributed by atoms with Gasteiger partial charge in [-0.2, -0.15) is 5.26 Å². The first-order valence-electron chi connectivity index (χ1n) is 9.00. The van der Waals surface area contributed by atoms with Crippen molar-refractivity contribution in [2.75, 3.05) is 0 Å². The highest BCUT2D eigenvalue weighted by Crippen LogP contribution is 2.33. The lowest BCUT2D eigenvalue weighted by molar-refractivity contribution is -0.151. The van der Waals surface area contributed by atoms with Gasteiger partial charge in [-0.05, 0) is 44.7 Å². The molecule has 0 saturated heterocycles. The van der Waals surface area contributed by atoms with Crippen LogP contribution in [0.4, 0.5) is 0 Å². The van der Waals surface area contributed by atoms with Crippen molar-refractivity contribution >= 4 is 11.9 Å². The van der Waals surface area contributed by atoms with Gasteiger partial charge in [0.2, 0.25) is 0 Å². The van der Waals surface area contributed by atoms with Crippen molar-refractivity contribution in [1.82, 2.24) is 0 Å². The number of rotatable bonds is 8. The summed E-state index contributed by atoms with van der Waals surface area (Å²) in [5.41, 5.74) is 0.425. The van der Waals surface area contributed by atoms with Gasteiger partial charge in [-0.15, -0.1) is 0 Å². The average Bonchev–Trinajstić information content (AvgIpc) is 2.52. The monoisotopic (exact) mass is 359 g/mol. The van der Waals surface area contributed by atoms with Gasteiger partial charge in [-0.25, -0.2) is 0 Å². The van der Waals surface area contributed by atoms with Crippen LogP contribution in [0.15, 0.2) is 24.3 Å². The fourth-order valence-electron chi connectivity index (χ4n) is 2.70. The topological polar surface area (TPSA) is 76.4 Å². The van der Waals surface area contributed by atoms with Crippen LogP contribution in [0.2, 0.25) is 0 Å². The van der Waals surface area contributed by atoms with Gasteiger partial charge >= 0.3 is 11.9 Å². The van der Waals surface area contributed by atoms with Crippen molar-refractivity contribution in [3.63, 3.8) is 0 Å². The van der Waals surface area contributed by atoms with E-state index in [2.05, 4.69) is 19.9 Å². The van der Waals surface area contributed by atoms with Crippen molar-refractivity contribution in [3.05, 3.63) is 35.4 Å². The Labute approximate surface area is 156 Å². The highest BCUT2D eigenvalue weighted by Gasteiger charge is 2.39. The summed E-state index contributed by atoms with van der Waals surface area (Å²) in [5, 5.41) is 9.91. The highest BCUT2D eigenvalue weighted by atomic mass is 16.5. The summed E-state index contributed by atoms with van der Waals surface area (Å²) in [4.78, 5) is 24.5. The fourth-order valence-corrected chi connectivity index (χ4v) is 2.70. The highest BCUT2D eigenvalue weighted by molar-refractivity contribution is 5.78. The summed E-state index contributed by atoms with van der Waals surface area (Å²) in [7, 11) is 0. The standard InChI is InChI=1S/C21H29NO4/c1-14(2)17-7-9-18(10-8-17)21(13-22,11-19(23)25-15(3)4)12-20(24)26-16(5)6/h7-10,14-16H,11-12H2,1-6H3. The molecule has 1 aromatic rings. The molecule has 0 amide bonds. The third kappa shape index (κ3) is 6.18. The summed E-state index contributed by atoms with van der Waals surface area (Å²) < 4.78 is 10.4. The molecule has 0 N–H and O–H groups in total. The molecule has 5 heteroatoms. The Bertz CT molecular complexity index is 630. The number of hydrogen-bond acceptors (Lipinski definition) is 5. The summed E-state index contributed by atoms with van der Waals surface area (Å²) in [5.74, 6) is -0.670. The number of nitrogens with zero attached hydrogens (tertiary/aromatic N) is 1. The molecular weight excluding hydrogens is 330 g/mol. The first-order chi connectivity index (χ1) is 12.1. The second kappa shape index (κ2) is 9.38. The second-order valence-corrected chi connectivity index (χ2v) is 7.40. The molecule has 0 saturated carbocycles. The number of nitriles is 1. The maximum absolute atomic E-state index is 12.3. The molecule has 0 spiro atoms. The minimum atomic E-state index is -1.31. The molecule has 5 nitrogen and oxygen atoms in total. The number of carbonyl (C=O) groups is 2. The van der Waals surface area contributed by atoms with Crippen molar-refractivity contribution in [3.8, 4) is 6.07 Å². The molecule has 0 atom stereocenters. The fraction of sp³-hybridized carbons (Fsp3) is 0.571. The van der Waals surface area contributed by atoms with Crippen LogP contribution in [0.5, 0.6) is 0 Å². The molecule has 0 fully saturated rings. The third-order valence-electron chi connectivity index (χ3n) is 3.97. The van der Waals surface area contributed by atoms with Crippen LogP contribution in [0, 0.1) is 11.3 Å². The zero-order valence-corrected chi connectivity index (χ0v) is 16.5. The molecule has 1 aromatic carbocycles. The van der Waals surface area contributed by atoms with Gasteiger partial charge in [0, 0.05) is 0 Å². The van der Waals surface area contributed by atoms with E-state index in [1.165, 1.54) is 0 Å². The molecular formula is C21H29NO4. The van der Waals surface area contributed by atoms with Crippen LogP contribution < -0.4 is 0 Å². The zero-order valence-electron chi connectivity index (χ0n) is 16.5. The average molecular weight is 359 g/mol. The van der Waals surface area contributed by atoms with Gasteiger partial charge < -0.3 is 9.47 Å². The van der Waals surface area contributed by atoms with E-state index in [0.29, 0.717) is 11.5 Å². The molecule has 0 radical (unpaired) electrons. The normalized spacial score (nSPS) is 11.5. The molecule has 26 heavy (non-hydrogen) atoms. The van der Waals surface area contributed by atoms with E-state index in [9.17, 15) is 14.9 Å². The Balaban J connectivity index is 3.23. The maximum atomic E-state index is 12.3. The first-order valence-corrected chi connectivity index (χ1v) is 9.00. The number of esters is 2. The summed E-state index contributed by atoms with van der Waals surface area (Å²) in [6, 6.07) is 9.65. The van der Waals surface area contributed by atoms with Crippen LogP contribution >= 0.6 is 0 Å². The maximum Gasteiger partial charge on any atom is 0.308 e. The number of hydrogen-bond donors (Lipinski definition) is 0. The van der Waals surface area contributed by atoms with Crippen molar-refractivity contribution in [1.29, 1.82) is 5.26 Å². The van der Waals surface area contributed by atoms with E-state index < -0.39 is 17.4 Å². The molecule has 0 aliphatic heterocycles. The van der Waals surface area contributed by atoms with E-state index in [4.69, 9.17) is 9.47 Å². The van der Waals surface area contributed by atoms with Gasteiger partial charge in [0.25, 0.3) is 0 Å². The quantitative estimate of drug-likeness (QED) is 0.648. The Kier molecular flexibility index (Phi) is 7.82. The number of carbonyl (C=O) groups excluding carboxylic acids is 2. The second-order valence-electron chi connectivity index (χ2n) is 7.40. The van der Waals surface area contributed by atoms with Gasteiger partial charge in [-0.3, -0.25) is 9.59 Å². The lowest BCUT2D eigenvalue weighted by Crippen LogP contribution is -2.33. The SMILES string of the molecule is CC(C)OC(=O)CC(C#N)(CC(=O)OC(C)C)c1ccc(C(C)C)cc1. The Morgan fingerprint density at radius 3 is 1.65 bits per heavy atom. The third-order valence-corrected chi connectivity index (χ3v) is 3.97. The van der Waals surface area contributed by atoms with Gasteiger partial charge in [-0.1, -0.05) is 38.1 Å². The van der Waals surface area contributed by atoms with Crippen LogP contribution in [0.3, 0.4) is 0 Å². The molecule has 1 rings (SSSR count). The van der Waals surface area contributed by atoms with Crippen molar-refractivity contribution in [2.45, 2.75) is 77.9 Å². The smallest absolute Gasteiger partial charge is 0.308 e. The largest absolute Gasteiger partial charge is 0.463 e. The van der Waals surface area contributed by atoms with Gasteiger partial charge in [0.15, 0.2) is 0 Å². The van der Waals surface area contributed by atoms with E-state index in [1.807, 2.05) is 24.3 Å². The lowest BCUT2D eigenvalue weighted by Gasteiger charge is -2.26. The molecule has 0 unspecified atom stereocenters. The predicted molar refractivity (Wildman–Crippen MR) is 99.5 cm³/mol. The number of ether oxygens (including phenoxy) is 2. The minimum Gasteiger partial charge on any atom is -0.463 e. The molecule has 142 valence electrons. The van der Waals surface area contributed by atoms with E-state index in [1.54, 1.807) is 27.7 Å². The van der Waals surface area contributed by atoms with Gasteiger partial charge in [0.1, 0.15) is 5.41 Å². The number of benzene rings is 1. The van der Waals surface area contributed by atoms with Crippen molar-refractivity contribution in [2.24, 2.45) is 0 Å². The molecule has 0 aliphatic carbocycles. The van der Waals surface area contributed by atoms with Gasteiger partial charge in [0.05, 0.1) is 31.1 Å². The van der Waals surface area contributed by atoms with Crippen LogP contribution in [0.1, 0.15) is 71.4 Å². The molecule has 0 bridgehead atoms. The molecule has 0 aromatic heterocycles. The van der Waals surface area contributed by atoms with Crippen LogP contribution in [-0.4, -0.2) is 24.1 Å². The first kappa shape index (κ1) is 21.7. The zero-order chi connectivity index (χ0) is 19.9. The Morgan fingerprint density at radius 2 is 1.35 bits per heavy atom. The predicted octanol–water partition coefficient (Wildman–Crippen LogP) is 4.25.